The number of fused-ring (bicyclic) bond motifs is 1. The zero-order valence-electron chi connectivity index (χ0n) is 11.6. The number of nitrogens with two attached hydrogens (primary N) is 1. The van der Waals surface area contributed by atoms with Gasteiger partial charge in [0.25, 0.3) is 9.62 Å². The first kappa shape index (κ1) is 14.8. The fourth-order valence-electron chi connectivity index (χ4n) is 1.90. The van der Waals surface area contributed by atoms with Crippen molar-refractivity contribution in [1.82, 2.24) is 19.9 Å². The highest BCUT2D eigenvalue weighted by Crippen LogP contribution is 2.35. The number of rotatable bonds is 2. The van der Waals surface area contributed by atoms with Gasteiger partial charge >= 0.3 is 0 Å². The zero-order valence-corrected chi connectivity index (χ0v) is 13.2. The van der Waals surface area contributed by atoms with Gasteiger partial charge in [-0.2, -0.15) is 4.98 Å². The first-order valence-electron chi connectivity index (χ1n) is 6.15. The van der Waals surface area contributed by atoms with Gasteiger partial charge in [-0.05, 0) is 13.8 Å². The summed E-state index contributed by atoms with van der Waals surface area (Å²) in [4.78, 5) is 39.0. The number of hydrogen-bond acceptors (Lipinski definition) is 9. The van der Waals surface area contributed by atoms with E-state index in [9.17, 15) is 14.7 Å². The standard InChI is InChI=1S/C12H11N5O3S2/c1-12(2,20)7-6(21-11(19)22-7)4-3-14-5-8(15-4)16-10(13)17-9(5)18/h3,20H,1-2H3,(H3,13,15,16,17,18). The molecule has 0 amide bonds. The van der Waals surface area contributed by atoms with E-state index in [1.807, 2.05) is 0 Å². The van der Waals surface area contributed by atoms with Crippen molar-refractivity contribution in [3.8, 4) is 10.6 Å². The summed E-state index contributed by atoms with van der Waals surface area (Å²) in [7, 11) is 0. The molecule has 0 aromatic carbocycles. The molecule has 0 saturated carbocycles. The van der Waals surface area contributed by atoms with Gasteiger partial charge < -0.3 is 10.8 Å². The van der Waals surface area contributed by atoms with Crippen LogP contribution in [0.5, 0.6) is 0 Å². The van der Waals surface area contributed by atoms with Crippen molar-refractivity contribution in [2.24, 2.45) is 0 Å². The van der Waals surface area contributed by atoms with Crippen LogP contribution in [0.15, 0.2) is 15.8 Å². The van der Waals surface area contributed by atoms with Gasteiger partial charge in [-0.3, -0.25) is 14.6 Å². The van der Waals surface area contributed by atoms with E-state index in [0.717, 1.165) is 22.7 Å². The van der Waals surface area contributed by atoms with Crippen molar-refractivity contribution in [2.45, 2.75) is 19.4 Å². The van der Waals surface area contributed by atoms with E-state index >= 15 is 0 Å². The smallest absolute Gasteiger partial charge is 0.288 e. The molecule has 0 atom stereocenters. The monoisotopic (exact) mass is 337 g/mol. The molecule has 0 bridgehead atoms. The molecule has 4 N–H and O–H groups in total. The molecule has 3 aromatic rings. The number of nitrogens with one attached hydrogen (secondary N) is 1. The molecule has 114 valence electrons. The normalized spacial score (nSPS) is 12.0. The maximum absolute atomic E-state index is 11.7. The molecule has 22 heavy (non-hydrogen) atoms. The van der Waals surface area contributed by atoms with E-state index in [1.165, 1.54) is 6.20 Å². The molecular formula is C12H11N5O3S2. The summed E-state index contributed by atoms with van der Waals surface area (Å²) in [6, 6.07) is 0. The second kappa shape index (κ2) is 4.93. The summed E-state index contributed by atoms with van der Waals surface area (Å²) in [5.41, 5.74) is 4.35. The van der Waals surface area contributed by atoms with Crippen molar-refractivity contribution in [2.75, 3.05) is 5.73 Å². The first-order valence-corrected chi connectivity index (χ1v) is 7.78. The van der Waals surface area contributed by atoms with Crippen LogP contribution in [0.4, 0.5) is 5.95 Å². The average Bonchev–Trinajstić information content (AvgIpc) is 2.80. The van der Waals surface area contributed by atoms with E-state index in [-0.39, 0.29) is 21.2 Å². The Hall–Kier alpha value is -2.17. The maximum atomic E-state index is 11.7. The summed E-state index contributed by atoms with van der Waals surface area (Å²) in [5.74, 6) is -0.0647. The number of anilines is 1. The van der Waals surface area contributed by atoms with Crippen LogP contribution >= 0.6 is 22.7 Å². The molecule has 0 spiro atoms. The molecule has 3 aromatic heterocycles. The van der Waals surface area contributed by atoms with Crippen molar-refractivity contribution in [3.05, 3.63) is 30.3 Å². The Morgan fingerprint density at radius 2 is 2.00 bits per heavy atom. The molecule has 8 nitrogen and oxygen atoms in total. The van der Waals surface area contributed by atoms with Crippen LogP contribution in [0.1, 0.15) is 18.7 Å². The topological polar surface area (TPSA) is 135 Å². The van der Waals surface area contributed by atoms with Crippen molar-refractivity contribution < 1.29 is 5.11 Å². The summed E-state index contributed by atoms with van der Waals surface area (Å²) in [5, 5.41) is 10.2. The number of aromatic nitrogens is 4. The molecule has 0 aliphatic carbocycles. The van der Waals surface area contributed by atoms with E-state index < -0.39 is 11.2 Å². The number of aliphatic hydroxyl groups is 1. The predicted molar refractivity (Wildman–Crippen MR) is 85.1 cm³/mol. The highest BCUT2D eigenvalue weighted by atomic mass is 32.2. The lowest BCUT2D eigenvalue weighted by molar-refractivity contribution is 0.0832. The van der Waals surface area contributed by atoms with Gasteiger partial charge in [0.15, 0.2) is 11.2 Å². The third-order valence-electron chi connectivity index (χ3n) is 2.80. The van der Waals surface area contributed by atoms with Crippen LogP contribution in [-0.2, 0) is 5.60 Å². The average molecular weight is 337 g/mol. The van der Waals surface area contributed by atoms with Crippen molar-refractivity contribution in [3.63, 3.8) is 0 Å². The van der Waals surface area contributed by atoms with E-state index in [4.69, 9.17) is 5.73 Å². The van der Waals surface area contributed by atoms with Crippen molar-refractivity contribution >= 4 is 39.8 Å². The Bertz CT molecular complexity index is 983. The van der Waals surface area contributed by atoms with Gasteiger partial charge in [0, 0.05) is 0 Å². The SMILES string of the molecule is CC(C)(O)c1sc(=O)sc1-c1cnc2c(=O)[nH]c(N)nc2n1. The van der Waals surface area contributed by atoms with Gasteiger partial charge in [-0.1, -0.05) is 22.7 Å². The molecule has 0 aliphatic heterocycles. The van der Waals surface area contributed by atoms with Crippen LogP contribution in [0.3, 0.4) is 0 Å². The Morgan fingerprint density at radius 3 is 2.68 bits per heavy atom. The van der Waals surface area contributed by atoms with Gasteiger partial charge in [-0.25, -0.2) is 9.97 Å². The van der Waals surface area contributed by atoms with Crippen LogP contribution in [0.25, 0.3) is 21.7 Å². The molecule has 3 rings (SSSR count). The molecule has 0 fully saturated rings. The van der Waals surface area contributed by atoms with Gasteiger partial charge in [-0.15, -0.1) is 0 Å². The Kier molecular flexibility index (Phi) is 3.31. The number of H-pyrrole nitrogens is 1. The first-order chi connectivity index (χ1) is 10.3. The number of aromatic amines is 1. The Balaban J connectivity index is 2.28. The van der Waals surface area contributed by atoms with Crippen LogP contribution in [0, 0.1) is 0 Å². The number of nitrogen functional groups attached to an aromatic ring is 1. The molecule has 0 saturated heterocycles. The Morgan fingerprint density at radius 1 is 1.27 bits per heavy atom. The summed E-state index contributed by atoms with van der Waals surface area (Å²) >= 11 is 1.93. The van der Waals surface area contributed by atoms with Gasteiger partial charge in [0.05, 0.1) is 21.6 Å². The Labute approximate surface area is 131 Å². The fourth-order valence-corrected chi connectivity index (χ4v) is 4.14. The van der Waals surface area contributed by atoms with Crippen LogP contribution in [-0.4, -0.2) is 25.0 Å². The molecule has 3 heterocycles. The summed E-state index contributed by atoms with van der Waals surface area (Å²) in [6.45, 7) is 3.17. The van der Waals surface area contributed by atoms with Gasteiger partial charge in [0.1, 0.15) is 5.69 Å². The van der Waals surface area contributed by atoms with Gasteiger partial charge in [0.2, 0.25) is 5.95 Å². The highest BCUT2D eigenvalue weighted by Gasteiger charge is 2.26. The minimum Gasteiger partial charge on any atom is -0.385 e. The molecular weight excluding hydrogens is 326 g/mol. The van der Waals surface area contributed by atoms with E-state index in [2.05, 4.69) is 19.9 Å². The minimum absolute atomic E-state index is 0.0605. The minimum atomic E-state index is -1.18. The highest BCUT2D eigenvalue weighted by molar-refractivity contribution is 7.29. The van der Waals surface area contributed by atoms with Crippen LogP contribution < -0.4 is 15.3 Å². The van der Waals surface area contributed by atoms with Crippen LogP contribution in [0.2, 0.25) is 0 Å². The number of nitrogens with zero attached hydrogens (tertiary/aromatic N) is 3. The summed E-state index contributed by atoms with van der Waals surface area (Å²) in [6.07, 6.45) is 1.38. The zero-order chi connectivity index (χ0) is 16.1. The fraction of sp³-hybridized carbons (Fsp3) is 0.250. The van der Waals surface area contributed by atoms with E-state index in [0.29, 0.717) is 15.4 Å². The quantitative estimate of drug-likeness (QED) is 0.625. The second-order valence-electron chi connectivity index (χ2n) is 5.05. The molecule has 10 heteroatoms. The lowest BCUT2D eigenvalue weighted by Gasteiger charge is -2.16. The number of hydrogen-bond donors (Lipinski definition) is 3. The third kappa shape index (κ3) is 2.51. The molecule has 0 radical (unpaired) electrons. The predicted octanol–water partition coefficient (Wildman–Crippen LogP) is 0.673. The molecule has 0 aliphatic rings. The lowest BCUT2D eigenvalue weighted by atomic mass is 10.1. The van der Waals surface area contributed by atoms with Crippen molar-refractivity contribution in [1.29, 1.82) is 0 Å². The van der Waals surface area contributed by atoms with E-state index in [1.54, 1.807) is 13.8 Å². The maximum Gasteiger partial charge on any atom is 0.288 e. The summed E-state index contributed by atoms with van der Waals surface area (Å²) < 4.78 is -0.160. The third-order valence-corrected chi connectivity index (χ3v) is 5.29. The largest absolute Gasteiger partial charge is 0.385 e. The molecule has 0 unspecified atom stereocenters. The lowest BCUT2D eigenvalue weighted by Crippen LogP contribution is -2.15. The second-order valence-corrected chi connectivity index (χ2v) is 7.27.